The van der Waals surface area contributed by atoms with Gasteiger partial charge in [-0.05, 0) is 18.4 Å². The first kappa shape index (κ1) is 18.5. The number of halogens is 1. The average molecular weight is 395 g/mol. The molecule has 1 unspecified atom stereocenters. The molecule has 0 aromatic heterocycles. The van der Waals surface area contributed by atoms with Gasteiger partial charge in [-0.3, -0.25) is 14.9 Å². The predicted octanol–water partition coefficient (Wildman–Crippen LogP) is 2.13. The normalized spacial score (nSPS) is 13.1. The number of hydrogen-bond acceptors (Lipinski definition) is 5. The Kier molecular flexibility index (Phi) is 6.03. The van der Waals surface area contributed by atoms with Gasteiger partial charge < -0.3 is 5.11 Å². The largest absolute Gasteiger partial charge is 0.480 e. The van der Waals surface area contributed by atoms with Crippen LogP contribution in [0.2, 0.25) is 0 Å². The lowest BCUT2D eigenvalue weighted by Gasteiger charge is -2.16. The minimum Gasteiger partial charge on any atom is -0.480 e. The number of rotatable bonds is 7. The van der Waals surface area contributed by atoms with E-state index in [1.807, 2.05) is 0 Å². The number of carboxylic acid groups (broad SMARTS) is 1. The highest BCUT2D eigenvalue weighted by molar-refractivity contribution is 9.10. The van der Waals surface area contributed by atoms with E-state index in [4.69, 9.17) is 5.11 Å². The number of carboxylic acids is 1. The van der Waals surface area contributed by atoms with E-state index >= 15 is 0 Å². The van der Waals surface area contributed by atoms with Gasteiger partial charge in [-0.15, -0.1) is 0 Å². The number of nitrogens with one attached hydrogen (secondary N) is 1. The summed E-state index contributed by atoms with van der Waals surface area (Å²) >= 11 is 3.00. The molecule has 1 atom stereocenters. The Morgan fingerprint density at radius 2 is 2.00 bits per heavy atom. The zero-order valence-electron chi connectivity index (χ0n) is 11.8. The van der Waals surface area contributed by atoms with E-state index in [2.05, 4.69) is 20.7 Å². The predicted molar refractivity (Wildman–Crippen MR) is 82.0 cm³/mol. The summed E-state index contributed by atoms with van der Waals surface area (Å²) in [5.41, 5.74) is -0.412. The number of nitrogens with zero attached hydrogens (tertiary/aromatic N) is 1. The Morgan fingerprint density at radius 3 is 2.45 bits per heavy atom. The molecule has 22 heavy (non-hydrogen) atoms. The molecule has 0 aliphatic carbocycles. The van der Waals surface area contributed by atoms with Crippen LogP contribution in [0.5, 0.6) is 0 Å². The molecular formula is C12H15BrN2O6S. The quantitative estimate of drug-likeness (QED) is 0.538. The van der Waals surface area contributed by atoms with E-state index in [1.54, 1.807) is 13.8 Å². The third-order valence-corrected chi connectivity index (χ3v) is 4.59. The van der Waals surface area contributed by atoms with Gasteiger partial charge in [0.2, 0.25) is 10.0 Å². The van der Waals surface area contributed by atoms with Crippen molar-refractivity contribution in [2.45, 2.75) is 31.2 Å². The lowest BCUT2D eigenvalue weighted by atomic mass is 10.1. The molecule has 0 aliphatic rings. The van der Waals surface area contributed by atoms with E-state index in [-0.39, 0.29) is 21.7 Å². The molecule has 8 nitrogen and oxygen atoms in total. The van der Waals surface area contributed by atoms with Crippen LogP contribution in [0, 0.1) is 16.0 Å². The smallest absolute Gasteiger partial charge is 0.321 e. The number of carbonyl (C=O) groups is 1. The van der Waals surface area contributed by atoms with Gasteiger partial charge in [0.05, 0.1) is 9.82 Å². The van der Waals surface area contributed by atoms with Gasteiger partial charge in [0.15, 0.2) is 0 Å². The zero-order chi connectivity index (χ0) is 17.1. The van der Waals surface area contributed by atoms with Crippen molar-refractivity contribution in [3.05, 3.63) is 32.8 Å². The Labute approximate surface area is 135 Å². The number of benzene rings is 1. The van der Waals surface area contributed by atoms with Crippen LogP contribution in [-0.4, -0.2) is 30.5 Å². The molecule has 0 fully saturated rings. The summed E-state index contributed by atoms with van der Waals surface area (Å²) in [5.74, 6) is -1.34. The van der Waals surface area contributed by atoms with E-state index < -0.39 is 32.6 Å². The van der Waals surface area contributed by atoms with Crippen LogP contribution in [0.4, 0.5) is 5.69 Å². The fraction of sp³-hybridized carbons (Fsp3) is 0.417. The van der Waals surface area contributed by atoms with Gasteiger partial charge in [-0.25, -0.2) is 8.42 Å². The minimum atomic E-state index is -4.19. The van der Waals surface area contributed by atoms with E-state index in [1.165, 1.54) is 6.07 Å². The van der Waals surface area contributed by atoms with Crippen molar-refractivity contribution in [3.63, 3.8) is 0 Å². The maximum Gasteiger partial charge on any atom is 0.321 e. The Bertz CT molecular complexity index is 689. The topological polar surface area (TPSA) is 127 Å². The lowest BCUT2D eigenvalue weighted by molar-refractivity contribution is -0.385. The average Bonchev–Trinajstić information content (AvgIpc) is 2.36. The molecule has 0 amide bonds. The second-order valence-corrected chi connectivity index (χ2v) is 7.67. The van der Waals surface area contributed by atoms with Crippen LogP contribution in [-0.2, 0) is 14.8 Å². The molecule has 0 heterocycles. The summed E-state index contributed by atoms with van der Waals surface area (Å²) in [6.45, 7) is 3.52. The number of nitro benzene ring substituents is 1. The minimum absolute atomic E-state index is 0.0411. The van der Waals surface area contributed by atoms with E-state index in [0.717, 1.165) is 12.1 Å². The van der Waals surface area contributed by atoms with Gasteiger partial charge in [-0.2, -0.15) is 4.72 Å². The Hall–Kier alpha value is -1.52. The van der Waals surface area contributed by atoms with Crippen LogP contribution < -0.4 is 4.72 Å². The molecule has 1 rings (SSSR count). The highest BCUT2D eigenvalue weighted by Crippen LogP contribution is 2.24. The number of nitro groups is 1. The van der Waals surface area contributed by atoms with E-state index in [9.17, 15) is 23.3 Å². The molecule has 0 bridgehead atoms. The third kappa shape index (κ3) is 5.04. The summed E-state index contributed by atoms with van der Waals surface area (Å²) in [7, 11) is -4.19. The van der Waals surface area contributed by atoms with E-state index in [0.29, 0.717) is 0 Å². The molecular weight excluding hydrogens is 380 g/mol. The summed E-state index contributed by atoms with van der Waals surface area (Å²) in [4.78, 5) is 20.8. The van der Waals surface area contributed by atoms with Crippen LogP contribution in [0.3, 0.4) is 0 Å². The van der Waals surface area contributed by atoms with Gasteiger partial charge in [-0.1, -0.05) is 29.8 Å². The molecule has 0 spiro atoms. The lowest BCUT2D eigenvalue weighted by Crippen LogP contribution is -2.41. The van der Waals surface area contributed by atoms with Gasteiger partial charge >= 0.3 is 5.97 Å². The third-order valence-electron chi connectivity index (χ3n) is 2.68. The van der Waals surface area contributed by atoms with Crippen molar-refractivity contribution in [1.82, 2.24) is 4.72 Å². The monoisotopic (exact) mass is 394 g/mol. The first-order chi connectivity index (χ1) is 10.0. The first-order valence-corrected chi connectivity index (χ1v) is 8.50. The van der Waals surface area contributed by atoms with Crippen molar-refractivity contribution in [2.75, 3.05) is 0 Å². The van der Waals surface area contributed by atoms with Crippen molar-refractivity contribution in [2.24, 2.45) is 5.92 Å². The summed E-state index contributed by atoms with van der Waals surface area (Å²) in [5, 5.41) is 19.9. The highest BCUT2D eigenvalue weighted by Gasteiger charge is 2.27. The number of aliphatic carboxylic acids is 1. The molecule has 10 heteroatoms. The standard InChI is InChI=1S/C12H15BrN2O6S/c1-7(2)3-11(12(16)17)14-22(20,21)10-5-8(13)4-9(6-10)15(18)19/h4-7,11,14H,3H2,1-2H3,(H,16,17). The summed E-state index contributed by atoms with van der Waals surface area (Å²) in [6.07, 6.45) is 0.102. The van der Waals surface area contributed by atoms with Crippen LogP contribution in [0.1, 0.15) is 20.3 Å². The second-order valence-electron chi connectivity index (χ2n) is 5.04. The molecule has 0 radical (unpaired) electrons. The maximum atomic E-state index is 12.2. The maximum absolute atomic E-state index is 12.2. The fourth-order valence-corrected chi connectivity index (χ4v) is 3.63. The number of sulfonamides is 1. The van der Waals surface area contributed by atoms with Gasteiger partial charge in [0.1, 0.15) is 6.04 Å². The Morgan fingerprint density at radius 1 is 1.41 bits per heavy atom. The molecule has 0 saturated heterocycles. The van der Waals surface area contributed by atoms with Crippen LogP contribution >= 0.6 is 15.9 Å². The zero-order valence-corrected chi connectivity index (χ0v) is 14.2. The molecule has 2 N–H and O–H groups in total. The van der Waals surface area contributed by atoms with Crippen molar-refractivity contribution in [1.29, 1.82) is 0 Å². The first-order valence-electron chi connectivity index (χ1n) is 6.23. The number of hydrogen-bond donors (Lipinski definition) is 2. The summed E-state index contributed by atoms with van der Waals surface area (Å²) in [6, 6.07) is 1.90. The van der Waals surface area contributed by atoms with Crippen molar-refractivity contribution in [3.8, 4) is 0 Å². The molecule has 122 valence electrons. The van der Waals surface area contributed by atoms with Crippen LogP contribution in [0.15, 0.2) is 27.6 Å². The Balaban J connectivity index is 3.18. The molecule has 0 aliphatic heterocycles. The SMILES string of the molecule is CC(C)CC(NS(=O)(=O)c1cc(Br)cc([N+](=O)[O-])c1)C(=O)O. The highest BCUT2D eigenvalue weighted by atomic mass is 79.9. The van der Waals surface area contributed by atoms with Gasteiger partial charge in [0.25, 0.3) is 5.69 Å². The van der Waals surface area contributed by atoms with Gasteiger partial charge in [0, 0.05) is 16.6 Å². The summed E-state index contributed by atoms with van der Waals surface area (Å²) < 4.78 is 26.7. The van der Waals surface area contributed by atoms with Crippen LogP contribution in [0.25, 0.3) is 0 Å². The van der Waals surface area contributed by atoms with Crippen molar-refractivity contribution < 1.29 is 23.2 Å². The fourth-order valence-electron chi connectivity index (χ4n) is 1.73. The molecule has 1 aromatic carbocycles. The molecule has 0 saturated carbocycles. The second kappa shape index (κ2) is 7.16. The van der Waals surface area contributed by atoms with Crippen molar-refractivity contribution >= 4 is 37.6 Å². The number of non-ortho nitro benzene ring substituents is 1. The molecule has 1 aromatic rings.